The van der Waals surface area contributed by atoms with Crippen LogP contribution in [0.4, 0.5) is 0 Å². The minimum Gasteiger partial charge on any atom is -0.379 e. The van der Waals surface area contributed by atoms with Gasteiger partial charge in [0, 0.05) is 19.3 Å². The summed E-state index contributed by atoms with van der Waals surface area (Å²) in [6, 6.07) is 0. The Morgan fingerprint density at radius 1 is 1.05 bits per heavy atom. The maximum atomic E-state index is 11.2. The molecule has 0 unspecified atom stereocenters. The normalized spacial score (nSPS) is 11.2. The molecular weight excluding hydrogens is 272 g/mol. The summed E-state index contributed by atoms with van der Waals surface area (Å²) in [7, 11) is -3.41. The van der Waals surface area contributed by atoms with Crippen LogP contribution in [-0.2, 0) is 28.6 Å². The zero-order chi connectivity index (χ0) is 14.6. The van der Waals surface area contributed by atoms with Crippen LogP contribution in [0.3, 0.4) is 0 Å². The molecule has 0 N–H and O–H groups in total. The molecule has 0 saturated carbocycles. The van der Waals surface area contributed by atoms with Crippen LogP contribution in [0.5, 0.6) is 0 Å². The molecule has 0 aromatic heterocycles. The fourth-order valence-corrected chi connectivity index (χ4v) is 1.46. The standard InChI is InChI=1S/C12H20O6S/c1-3-4-5-12(13)6-7-16-8-9-17-10-11-18-19(2,14)15/h1H,4-11H2,2H3. The lowest BCUT2D eigenvalue weighted by Gasteiger charge is -2.05. The fraction of sp³-hybridized carbons (Fsp3) is 0.750. The van der Waals surface area contributed by atoms with E-state index in [1.54, 1.807) is 0 Å². The predicted octanol–water partition coefficient (Wildman–Crippen LogP) is 0.368. The summed E-state index contributed by atoms with van der Waals surface area (Å²) in [5, 5.41) is 0. The molecular formula is C12H20O6S. The van der Waals surface area contributed by atoms with Crippen molar-refractivity contribution in [1.29, 1.82) is 0 Å². The van der Waals surface area contributed by atoms with E-state index in [9.17, 15) is 13.2 Å². The van der Waals surface area contributed by atoms with Crippen LogP contribution in [0.2, 0.25) is 0 Å². The molecule has 6 nitrogen and oxygen atoms in total. The van der Waals surface area contributed by atoms with Gasteiger partial charge in [-0.3, -0.25) is 8.98 Å². The van der Waals surface area contributed by atoms with Gasteiger partial charge in [0.1, 0.15) is 5.78 Å². The molecule has 110 valence electrons. The minimum atomic E-state index is -3.41. The van der Waals surface area contributed by atoms with Crippen LogP contribution in [0.1, 0.15) is 19.3 Å². The third-order valence-electron chi connectivity index (χ3n) is 1.97. The maximum Gasteiger partial charge on any atom is 0.264 e. The first-order chi connectivity index (χ1) is 8.95. The highest BCUT2D eigenvalue weighted by molar-refractivity contribution is 7.85. The highest BCUT2D eigenvalue weighted by Crippen LogP contribution is 1.94. The van der Waals surface area contributed by atoms with Gasteiger partial charge in [0.15, 0.2) is 0 Å². The SMILES string of the molecule is C#CCCC(=O)CCOCCOCCOS(C)(=O)=O. The number of carbonyl (C=O) groups is 1. The van der Waals surface area contributed by atoms with Gasteiger partial charge < -0.3 is 9.47 Å². The zero-order valence-corrected chi connectivity index (χ0v) is 11.9. The third kappa shape index (κ3) is 15.0. The smallest absolute Gasteiger partial charge is 0.264 e. The van der Waals surface area contributed by atoms with Gasteiger partial charge >= 0.3 is 0 Å². The summed E-state index contributed by atoms with van der Waals surface area (Å²) in [4.78, 5) is 11.2. The molecule has 0 fully saturated rings. The molecule has 0 amide bonds. The highest BCUT2D eigenvalue weighted by Gasteiger charge is 2.01. The van der Waals surface area contributed by atoms with Gasteiger partial charge in [-0.05, 0) is 0 Å². The summed E-state index contributed by atoms with van der Waals surface area (Å²) >= 11 is 0. The Hall–Kier alpha value is -0.940. The molecule has 0 heterocycles. The van der Waals surface area contributed by atoms with Crippen molar-refractivity contribution in [3.63, 3.8) is 0 Å². The molecule has 19 heavy (non-hydrogen) atoms. The second-order valence-electron chi connectivity index (χ2n) is 3.74. The van der Waals surface area contributed by atoms with E-state index in [2.05, 4.69) is 10.1 Å². The minimum absolute atomic E-state index is 0.0105. The van der Waals surface area contributed by atoms with E-state index in [-0.39, 0.29) is 19.0 Å². The molecule has 0 aliphatic rings. The molecule has 0 aromatic rings. The molecule has 0 aromatic carbocycles. The monoisotopic (exact) mass is 292 g/mol. The topological polar surface area (TPSA) is 78.9 Å². The fourth-order valence-electron chi connectivity index (χ4n) is 1.09. The Morgan fingerprint density at radius 3 is 2.21 bits per heavy atom. The Balaban J connectivity index is 3.24. The van der Waals surface area contributed by atoms with Gasteiger partial charge in [0.25, 0.3) is 10.1 Å². The number of hydrogen-bond donors (Lipinski definition) is 0. The number of carbonyl (C=O) groups excluding carboxylic acids is 1. The van der Waals surface area contributed by atoms with Gasteiger partial charge in [0.2, 0.25) is 0 Å². The molecule has 0 aliphatic carbocycles. The van der Waals surface area contributed by atoms with Gasteiger partial charge in [0.05, 0.1) is 39.3 Å². The van der Waals surface area contributed by atoms with Crippen molar-refractivity contribution in [3.05, 3.63) is 0 Å². The van der Waals surface area contributed by atoms with Crippen LogP contribution in [0.25, 0.3) is 0 Å². The van der Waals surface area contributed by atoms with Crippen LogP contribution in [0.15, 0.2) is 0 Å². The van der Waals surface area contributed by atoms with Crippen LogP contribution >= 0.6 is 0 Å². The second kappa shape index (κ2) is 10.9. The van der Waals surface area contributed by atoms with E-state index in [1.807, 2.05) is 0 Å². The van der Waals surface area contributed by atoms with E-state index in [0.29, 0.717) is 39.1 Å². The van der Waals surface area contributed by atoms with Gasteiger partial charge in [-0.15, -0.1) is 12.3 Å². The first-order valence-corrected chi connectivity index (χ1v) is 7.72. The summed E-state index contributed by atoms with van der Waals surface area (Å²) in [6.07, 6.45) is 7.21. The number of hydrogen-bond acceptors (Lipinski definition) is 6. The number of Topliss-reactive ketones (excluding diaryl/α,β-unsaturated/α-hetero) is 1. The molecule has 0 radical (unpaired) electrons. The summed E-state index contributed by atoms with van der Waals surface area (Å²) in [6.45, 7) is 1.18. The van der Waals surface area contributed by atoms with Crippen molar-refractivity contribution >= 4 is 15.9 Å². The Labute approximate surface area is 114 Å². The van der Waals surface area contributed by atoms with Crippen LogP contribution < -0.4 is 0 Å². The quantitative estimate of drug-likeness (QED) is 0.294. The van der Waals surface area contributed by atoms with Crippen molar-refractivity contribution in [2.45, 2.75) is 19.3 Å². The Bertz CT molecular complexity index is 382. The van der Waals surface area contributed by atoms with Crippen molar-refractivity contribution < 1.29 is 26.9 Å². The number of terminal acetylenes is 1. The highest BCUT2D eigenvalue weighted by atomic mass is 32.2. The van der Waals surface area contributed by atoms with E-state index in [1.165, 1.54) is 0 Å². The van der Waals surface area contributed by atoms with E-state index in [0.717, 1.165) is 6.26 Å². The molecule has 0 rings (SSSR count). The van der Waals surface area contributed by atoms with Crippen molar-refractivity contribution in [1.82, 2.24) is 0 Å². The number of ether oxygens (including phenoxy) is 2. The molecule has 7 heteroatoms. The van der Waals surface area contributed by atoms with Gasteiger partial charge in [-0.1, -0.05) is 0 Å². The third-order valence-corrected chi connectivity index (χ3v) is 2.57. The summed E-state index contributed by atoms with van der Waals surface area (Å²) in [5.74, 6) is 2.49. The van der Waals surface area contributed by atoms with Crippen molar-refractivity contribution in [2.24, 2.45) is 0 Å². The van der Waals surface area contributed by atoms with Crippen LogP contribution in [-0.4, -0.2) is 53.5 Å². The van der Waals surface area contributed by atoms with Crippen molar-refractivity contribution in [3.8, 4) is 12.3 Å². The summed E-state index contributed by atoms with van der Waals surface area (Å²) < 4.78 is 35.9. The Morgan fingerprint density at radius 2 is 1.63 bits per heavy atom. The predicted molar refractivity (Wildman–Crippen MR) is 70.1 cm³/mol. The average molecular weight is 292 g/mol. The molecule has 0 spiro atoms. The molecule has 0 aliphatic heterocycles. The first-order valence-electron chi connectivity index (χ1n) is 5.91. The van der Waals surface area contributed by atoms with Gasteiger partial charge in [-0.25, -0.2) is 0 Å². The first kappa shape index (κ1) is 18.1. The summed E-state index contributed by atoms with van der Waals surface area (Å²) in [5.41, 5.74) is 0. The molecule has 0 saturated heterocycles. The van der Waals surface area contributed by atoms with E-state index in [4.69, 9.17) is 15.9 Å². The molecule has 0 atom stereocenters. The van der Waals surface area contributed by atoms with E-state index >= 15 is 0 Å². The number of ketones is 1. The Kier molecular flexibility index (Phi) is 10.4. The van der Waals surface area contributed by atoms with Crippen molar-refractivity contribution in [2.75, 3.05) is 39.3 Å². The number of rotatable bonds is 12. The average Bonchev–Trinajstić information content (AvgIpc) is 2.33. The maximum absolute atomic E-state index is 11.2. The second-order valence-corrected chi connectivity index (χ2v) is 5.39. The lowest BCUT2D eigenvalue weighted by Crippen LogP contribution is -2.13. The zero-order valence-electron chi connectivity index (χ0n) is 11.1. The lowest BCUT2D eigenvalue weighted by molar-refractivity contribution is -0.120. The van der Waals surface area contributed by atoms with E-state index < -0.39 is 10.1 Å². The molecule has 0 bridgehead atoms. The largest absolute Gasteiger partial charge is 0.379 e. The van der Waals surface area contributed by atoms with Gasteiger partial charge in [-0.2, -0.15) is 8.42 Å². The van der Waals surface area contributed by atoms with Crippen LogP contribution in [0, 0.1) is 12.3 Å². The lowest BCUT2D eigenvalue weighted by atomic mass is 10.2.